The van der Waals surface area contributed by atoms with E-state index in [1.165, 1.54) is 18.2 Å². The van der Waals surface area contributed by atoms with E-state index in [-0.39, 0.29) is 25.4 Å². The van der Waals surface area contributed by atoms with Gasteiger partial charge in [0.05, 0.1) is 19.6 Å². The number of ether oxygens (including phenoxy) is 3. The molecule has 0 aromatic heterocycles. The van der Waals surface area contributed by atoms with Crippen LogP contribution in [0.5, 0.6) is 11.5 Å². The number of hydrogen-bond donors (Lipinski definition) is 0. The second kappa shape index (κ2) is 6.86. The fourth-order valence-electron chi connectivity index (χ4n) is 1.26. The minimum absolute atomic E-state index is 0.0474. The summed E-state index contributed by atoms with van der Waals surface area (Å²) in [6.45, 7) is 1.81. The van der Waals surface area contributed by atoms with E-state index in [1.54, 1.807) is 6.92 Å². The molecule has 0 unspecified atom stereocenters. The summed E-state index contributed by atoms with van der Waals surface area (Å²) in [5.74, 6) is -1.00. The highest BCUT2D eigenvalue weighted by Gasteiger charge is 2.32. The molecule has 0 aliphatic carbocycles. The predicted octanol–water partition coefficient (Wildman–Crippen LogP) is 2.92. The molecule has 0 spiro atoms. The lowest BCUT2D eigenvalue weighted by Gasteiger charge is -2.13. The van der Waals surface area contributed by atoms with Crippen molar-refractivity contribution in [1.29, 1.82) is 0 Å². The molecule has 0 saturated carbocycles. The van der Waals surface area contributed by atoms with Crippen molar-refractivity contribution >= 4 is 5.97 Å². The maximum absolute atomic E-state index is 12.1. The van der Waals surface area contributed by atoms with E-state index >= 15 is 0 Å². The monoisotopic (exact) mass is 278 g/mol. The van der Waals surface area contributed by atoms with Crippen LogP contribution in [0.2, 0.25) is 0 Å². The van der Waals surface area contributed by atoms with Crippen molar-refractivity contribution in [1.82, 2.24) is 0 Å². The minimum Gasteiger partial charge on any atom is -0.489 e. The standard InChI is InChI=1S/C12H13F3O4/c1-2-17-11(16)7-8-18-9-5-3-4-6-10(9)19-12(13,14)15/h3-6H,2,7-8H2,1H3. The molecule has 1 aromatic carbocycles. The molecule has 106 valence electrons. The fourth-order valence-corrected chi connectivity index (χ4v) is 1.26. The molecule has 0 N–H and O–H groups in total. The molecule has 0 heterocycles. The van der Waals surface area contributed by atoms with Gasteiger partial charge in [-0.1, -0.05) is 12.1 Å². The summed E-state index contributed by atoms with van der Waals surface area (Å²) in [6, 6.07) is 5.35. The Kier molecular flexibility index (Phi) is 5.47. The number of esters is 1. The van der Waals surface area contributed by atoms with Crippen molar-refractivity contribution in [3.8, 4) is 11.5 Å². The number of alkyl halides is 3. The number of para-hydroxylation sites is 2. The van der Waals surface area contributed by atoms with Gasteiger partial charge in [-0.3, -0.25) is 4.79 Å². The zero-order valence-electron chi connectivity index (χ0n) is 10.2. The van der Waals surface area contributed by atoms with Gasteiger partial charge < -0.3 is 14.2 Å². The van der Waals surface area contributed by atoms with Crippen molar-refractivity contribution in [2.75, 3.05) is 13.2 Å². The van der Waals surface area contributed by atoms with Gasteiger partial charge in [-0.2, -0.15) is 0 Å². The van der Waals surface area contributed by atoms with Gasteiger partial charge in [0.2, 0.25) is 0 Å². The van der Waals surface area contributed by atoms with Gasteiger partial charge in [-0.05, 0) is 19.1 Å². The summed E-state index contributed by atoms with van der Waals surface area (Å²) in [6.07, 6.45) is -4.84. The molecule has 1 rings (SSSR count). The third-order valence-electron chi connectivity index (χ3n) is 1.94. The Bertz CT molecular complexity index is 418. The van der Waals surface area contributed by atoms with Crippen LogP contribution >= 0.6 is 0 Å². The first kappa shape index (κ1) is 15.1. The maximum atomic E-state index is 12.1. The largest absolute Gasteiger partial charge is 0.573 e. The topological polar surface area (TPSA) is 44.8 Å². The van der Waals surface area contributed by atoms with E-state index in [0.29, 0.717) is 0 Å². The molecule has 0 aliphatic heterocycles. The van der Waals surface area contributed by atoms with Gasteiger partial charge in [0.1, 0.15) is 0 Å². The maximum Gasteiger partial charge on any atom is 0.573 e. The Hall–Kier alpha value is -1.92. The number of carbonyl (C=O) groups is 1. The van der Waals surface area contributed by atoms with E-state index < -0.39 is 18.1 Å². The molecule has 0 radical (unpaired) electrons. The molecule has 19 heavy (non-hydrogen) atoms. The summed E-state index contributed by atoms with van der Waals surface area (Å²) in [5, 5.41) is 0. The molecule has 4 nitrogen and oxygen atoms in total. The lowest BCUT2D eigenvalue weighted by atomic mass is 10.3. The van der Waals surface area contributed by atoms with Crippen molar-refractivity contribution in [3.63, 3.8) is 0 Å². The van der Waals surface area contributed by atoms with Gasteiger partial charge in [-0.15, -0.1) is 13.2 Å². The van der Waals surface area contributed by atoms with Crippen LogP contribution < -0.4 is 9.47 Å². The number of hydrogen-bond acceptors (Lipinski definition) is 4. The second-order valence-electron chi connectivity index (χ2n) is 3.40. The molecule has 1 aromatic rings. The Morgan fingerprint density at radius 1 is 1.21 bits per heavy atom. The van der Waals surface area contributed by atoms with Gasteiger partial charge >= 0.3 is 12.3 Å². The van der Waals surface area contributed by atoms with E-state index in [2.05, 4.69) is 9.47 Å². The van der Waals surface area contributed by atoms with E-state index in [1.807, 2.05) is 0 Å². The van der Waals surface area contributed by atoms with Crippen molar-refractivity contribution in [2.24, 2.45) is 0 Å². The number of carbonyl (C=O) groups excluding carboxylic acids is 1. The van der Waals surface area contributed by atoms with Crippen LogP contribution in [0.15, 0.2) is 24.3 Å². The summed E-state index contributed by atoms with van der Waals surface area (Å²) in [5.41, 5.74) is 0. The minimum atomic E-state index is -4.79. The fraction of sp³-hybridized carbons (Fsp3) is 0.417. The van der Waals surface area contributed by atoms with Gasteiger partial charge in [0, 0.05) is 0 Å². The van der Waals surface area contributed by atoms with Crippen LogP contribution in [0.1, 0.15) is 13.3 Å². The second-order valence-corrected chi connectivity index (χ2v) is 3.40. The quantitative estimate of drug-likeness (QED) is 0.750. The molecule has 7 heteroatoms. The molecule has 0 aliphatic rings. The van der Waals surface area contributed by atoms with Crippen LogP contribution in [0.4, 0.5) is 13.2 Å². The summed E-state index contributed by atoms with van der Waals surface area (Å²) < 4.78 is 49.9. The summed E-state index contributed by atoms with van der Waals surface area (Å²) in [7, 11) is 0. The summed E-state index contributed by atoms with van der Waals surface area (Å²) in [4.78, 5) is 11.0. The van der Waals surface area contributed by atoms with Crippen LogP contribution in [-0.4, -0.2) is 25.5 Å². The summed E-state index contributed by atoms with van der Waals surface area (Å²) >= 11 is 0. The average Bonchev–Trinajstić information content (AvgIpc) is 2.30. The van der Waals surface area contributed by atoms with E-state index in [0.717, 1.165) is 6.07 Å². The van der Waals surface area contributed by atoms with Crippen LogP contribution in [0.3, 0.4) is 0 Å². The Balaban J connectivity index is 2.56. The van der Waals surface area contributed by atoms with Crippen LogP contribution in [0, 0.1) is 0 Å². The molecule has 0 amide bonds. The Morgan fingerprint density at radius 2 is 1.84 bits per heavy atom. The first-order chi connectivity index (χ1) is 8.92. The zero-order chi connectivity index (χ0) is 14.3. The van der Waals surface area contributed by atoms with Crippen LogP contribution in [-0.2, 0) is 9.53 Å². The number of rotatable bonds is 6. The first-order valence-corrected chi connectivity index (χ1v) is 5.55. The van der Waals surface area contributed by atoms with Gasteiger partial charge in [-0.25, -0.2) is 0 Å². The van der Waals surface area contributed by atoms with Gasteiger partial charge in [0.25, 0.3) is 0 Å². The molecule has 0 atom stereocenters. The number of benzene rings is 1. The number of halogens is 3. The van der Waals surface area contributed by atoms with E-state index in [9.17, 15) is 18.0 Å². The van der Waals surface area contributed by atoms with Gasteiger partial charge in [0.15, 0.2) is 11.5 Å². The van der Waals surface area contributed by atoms with E-state index in [4.69, 9.17) is 4.74 Å². The van der Waals surface area contributed by atoms with Crippen LogP contribution in [0.25, 0.3) is 0 Å². The van der Waals surface area contributed by atoms with Crippen molar-refractivity contribution < 1.29 is 32.2 Å². The molecular formula is C12H13F3O4. The third kappa shape index (κ3) is 5.98. The lowest BCUT2D eigenvalue weighted by Crippen LogP contribution is -2.18. The first-order valence-electron chi connectivity index (χ1n) is 5.55. The highest BCUT2D eigenvalue weighted by molar-refractivity contribution is 5.69. The highest BCUT2D eigenvalue weighted by atomic mass is 19.4. The molecule has 0 bridgehead atoms. The Morgan fingerprint density at radius 3 is 2.42 bits per heavy atom. The highest BCUT2D eigenvalue weighted by Crippen LogP contribution is 2.31. The third-order valence-corrected chi connectivity index (χ3v) is 1.94. The molecule has 0 fully saturated rings. The lowest BCUT2D eigenvalue weighted by molar-refractivity contribution is -0.275. The molecule has 0 saturated heterocycles. The molecular weight excluding hydrogens is 265 g/mol. The SMILES string of the molecule is CCOC(=O)CCOc1ccccc1OC(F)(F)F. The average molecular weight is 278 g/mol. The van der Waals surface area contributed by atoms with Crippen molar-refractivity contribution in [2.45, 2.75) is 19.7 Å². The smallest absolute Gasteiger partial charge is 0.489 e. The predicted molar refractivity (Wildman–Crippen MR) is 59.9 cm³/mol. The normalized spacial score (nSPS) is 10.9. The zero-order valence-corrected chi connectivity index (χ0v) is 10.2. The Labute approximate surface area is 108 Å². The van der Waals surface area contributed by atoms with Crippen molar-refractivity contribution in [3.05, 3.63) is 24.3 Å².